The van der Waals surface area contributed by atoms with Crippen molar-refractivity contribution in [2.24, 2.45) is 0 Å². The third-order valence-electron chi connectivity index (χ3n) is 4.00. The maximum atomic E-state index is 12.4. The number of nitrogens with one attached hydrogen (secondary N) is 1. The first kappa shape index (κ1) is 21.9. The van der Waals surface area contributed by atoms with E-state index < -0.39 is 0 Å². The molecule has 1 aromatic heterocycles. The van der Waals surface area contributed by atoms with Crippen molar-refractivity contribution in [2.75, 3.05) is 11.1 Å². The second-order valence-corrected chi connectivity index (χ2v) is 8.84. The standard InChI is InChI=1S/C20H20Br2N4O2S/c1-3-26-17(11-28-14-7-5-4-6-8-14)24-25-20(26)29-12-18(27)23-19-15(21)9-13(2)10-16(19)22/h4-10H,3,11-12H2,1-2H3,(H,23,27). The Morgan fingerprint density at radius 2 is 1.86 bits per heavy atom. The lowest BCUT2D eigenvalue weighted by molar-refractivity contribution is -0.113. The molecule has 0 aliphatic heterocycles. The molecule has 9 heteroatoms. The van der Waals surface area contributed by atoms with Gasteiger partial charge in [0.1, 0.15) is 12.4 Å². The Kier molecular flexibility index (Phi) is 7.74. The largest absolute Gasteiger partial charge is 0.486 e. The van der Waals surface area contributed by atoms with Crippen LogP contribution in [0.25, 0.3) is 0 Å². The van der Waals surface area contributed by atoms with Crippen molar-refractivity contribution >= 4 is 55.2 Å². The van der Waals surface area contributed by atoms with E-state index in [0.717, 1.165) is 31.8 Å². The lowest BCUT2D eigenvalue weighted by Crippen LogP contribution is -2.15. The minimum absolute atomic E-state index is 0.118. The van der Waals surface area contributed by atoms with Crippen LogP contribution >= 0.6 is 43.6 Å². The molecule has 0 aliphatic rings. The van der Waals surface area contributed by atoms with Gasteiger partial charge < -0.3 is 14.6 Å². The molecule has 3 aromatic rings. The van der Waals surface area contributed by atoms with Crippen molar-refractivity contribution in [3.05, 3.63) is 62.8 Å². The van der Waals surface area contributed by atoms with Gasteiger partial charge in [-0.15, -0.1) is 10.2 Å². The van der Waals surface area contributed by atoms with Crippen LogP contribution < -0.4 is 10.1 Å². The first-order valence-electron chi connectivity index (χ1n) is 8.96. The van der Waals surface area contributed by atoms with Crippen molar-refractivity contribution < 1.29 is 9.53 Å². The minimum Gasteiger partial charge on any atom is -0.486 e. The zero-order chi connectivity index (χ0) is 20.8. The molecule has 0 bridgehead atoms. The molecule has 0 radical (unpaired) electrons. The van der Waals surface area contributed by atoms with Gasteiger partial charge in [-0.05, 0) is 75.5 Å². The second-order valence-electron chi connectivity index (χ2n) is 6.19. The number of benzene rings is 2. The minimum atomic E-state index is -0.118. The summed E-state index contributed by atoms with van der Waals surface area (Å²) in [5.41, 5.74) is 1.81. The van der Waals surface area contributed by atoms with Gasteiger partial charge in [0.25, 0.3) is 0 Å². The van der Waals surface area contributed by atoms with E-state index in [9.17, 15) is 4.79 Å². The topological polar surface area (TPSA) is 69.0 Å². The quantitative estimate of drug-likeness (QED) is 0.386. The van der Waals surface area contributed by atoms with Crippen molar-refractivity contribution in [2.45, 2.75) is 32.2 Å². The fraction of sp³-hybridized carbons (Fsp3) is 0.250. The zero-order valence-electron chi connectivity index (χ0n) is 16.0. The van der Waals surface area contributed by atoms with Crippen LogP contribution in [-0.4, -0.2) is 26.4 Å². The molecule has 2 aromatic carbocycles. The predicted octanol–water partition coefficient (Wildman–Crippen LogP) is 5.44. The van der Waals surface area contributed by atoms with E-state index in [2.05, 4.69) is 47.4 Å². The number of hydrogen-bond acceptors (Lipinski definition) is 5. The Balaban J connectivity index is 1.60. The summed E-state index contributed by atoms with van der Waals surface area (Å²) < 4.78 is 9.39. The van der Waals surface area contributed by atoms with Crippen LogP contribution in [0.15, 0.2) is 56.6 Å². The molecule has 0 fully saturated rings. The molecule has 0 saturated carbocycles. The molecule has 1 heterocycles. The van der Waals surface area contributed by atoms with Crippen LogP contribution in [0.3, 0.4) is 0 Å². The van der Waals surface area contributed by atoms with E-state index in [-0.39, 0.29) is 11.7 Å². The van der Waals surface area contributed by atoms with Gasteiger partial charge in [-0.25, -0.2) is 0 Å². The summed E-state index contributed by atoms with van der Waals surface area (Å²) >= 11 is 8.33. The van der Waals surface area contributed by atoms with Gasteiger partial charge in [0.15, 0.2) is 11.0 Å². The smallest absolute Gasteiger partial charge is 0.234 e. The van der Waals surface area contributed by atoms with Crippen molar-refractivity contribution in [1.29, 1.82) is 0 Å². The summed E-state index contributed by atoms with van der Waals surface area (Å²) in [4.78, 5) is 12.4. The normalized spacial score (nSPS) is 10.8. The molecular weight excluding hydrogens is 520 g/mol. The molecular formula is C20H20Br2N4O2S. The van der Waals surface area contributed by atoms with Gasteiger partial charge in [-0.3, -0.25) is 4.79 Å². The van der Waals surface area contributed by atoms with Crippen molar-refractivity contribution in [3.8, 4) is 5.75 Å². The summed E-state index contributed by atoms with van der Waals surface area (Å²) in [6.45, 7) is 5.02. The Labute approximate surface area is 190 Å². The number of aromatic nitrogens is 3. The summed E-state index contributed by atoms with van der Waals surface area (Å²) in [6.07, 6.45) is 0. The number of carbonyl (C=O) groups is 1. The number of hydrogen-bond donors (Lipinski definition) is 1. The van der Waals surface area contributed by atoms with E-state index in [4.69, 9.17) is 4.74 Å². The number of ether oxygens (including phenoxy) is 1. The Morgan fingerprint density at radius 1 is 1.17 bits per heavy atom. The number of aryl methyl sites for hydroxylation is 1. The molecule has 1 amide bonds. The summed E-state index contributed by atoms with van der Waals surface area (Å²) in [5.74, 6) is 1.61. The van der Waals surface area contributed by atoms with Gasteiger partial charge in [0.2, 0.25) is 5.91 Å². The average Bonchev–Trinajstić information content (AvgIpc) is 3.10. The van der Waals surface area contributed by atoms with Gasteiger partial charge >= 0.3 is 0 Å². The molecule has 6 nitrogen and oxygen atoms in total. The summed E-state index contributed by atoms with van der Waals surface area (Å²) in [6, 6.07) is 13.5. The Morgan fingerprint density at radius 3 is 2.52 bits per heavy atom. The number of para-hydroxylation sites is 1. The highest BCUT2D eigenvalue weighted by Crippen LogP contribution is 2.32. The van der Waals surface area contributed by atoms with Crippen LogP contribution in [0.4, 0.5) is 5.69 Å². The molecule has 0 saturated heterocycles. The molecule has 0 unspecified atom stereocenters. The molecule has 0 aliphatic carbocycles. The van der Waals surface area contributed by atoms with E-state index in [1.165, 1.54) is 11.8 Å². The van der Waals surface area contributed by atoms with Crippen molar-refractivity contribution in [1.82, 2.24) is 14.8 Å². The number of anilines is 1. The van der Waals surface area contributed by atoms with E-state index >= 15 is 0 Å². The highest BCUT2D eigenvalue weighted by Gasteiger charge is 2.15. The number of halogens is 2. The van der Waals surface area contributed by atoms with E-state index in [1.807, 2.05) is 60.9 Å². The SMILES string of the molecule is CCn1c(COc2ccccc2)nnc1SCC(=O)Nc1c(Br)cc(C)cc1Br. The average molecular weight is 540 g/mol. The van der Waals surface area contributed by atoms with E-state index in [0.29, 0.717) is 18.3 Å². The van der Waals surface area contributed by atoms with Crippen LogP contribution in [0.2, 0.25) is 0 Å². The monoisotopic (exact) mass is 538 g/mol. The first-order chi connectivity index (χ1) is 14.0. The third-order valence-corrected chi connectivity index (χ3v) is 6.22. The number of thioether (sulfide) groups is 1. The van der Waals surface area contributed by atoms with Gasteiger partial charge in [-0.2, -0.15) is 0 Å². The maximum absolute atomic E-state index is 12.4. The number of nitrogens with zero attached hydrogens (tertiary/aromatic N) is 3. The van der Waals surface area contributed by atoms with E-state index in [1.54, 1.807) is 0 Å². The molecule has 29 heavy (non-hydrogen) atoms. The number of carbonyl (C=O) groups excluding carboxylic acids is 1. The molecule has 0 atom stereocenters. The van der Waals surface area contributed by atoms with Crippen LogP contribution in [-0.2, 0) is 17.9 Å². The van der Waals surface area contributed by atoms with Crippen LogP contribution in [0.5, 0.6) is 5.75 Å². The zero-order valence-corrected chi connectivity index (χ0v) is 20.0. The Bertz CT molecular complexity index is 972. The second kappa shape index (κ2) is 10.3. The molecule has 3 rings (SSSR count). The highest BCUT2D eigenvalue weighted by atomic mass is 79.9. The number of amides is 1. The summed E-state index contributed by atoms with van der Waals surface area (Å²) in [7, 11) is 0. The lowest BCUT2D eigenvalue weighted by Gasteiger charge is -2.11. The van der Waals surface area contributed by atoms with Gasteiger partial charge in [-0.1, -0.05) is 30.0 Å². The highest BCUT2D eigenvalue weighted by molar-refractivity contribution is 9.11. The summed E-state index contributed by atoms with van der Waals surface area (Å²) in [5, 5.41) is 12.1. The fourth-order valence-corrected chi connectivity index (χ4v) is 5.07. The number of rotatable bonds is 8. The molecule has 0 spiro atoms. The van der Waals surface area contributed by atoms with Crippen LogP contribution in [0, 0.1) is 6.92 Å². The predicted molar refractivity (Wildman–Crippen MR) is 122 cm³/mol. The fourth-order valence-electron chi connectivity index (χ4n) is 2.64. The first-order valence-corrected chi connectivity index (χ1v) is 11.5. The third kappa shape index (κ3) is 5.83. The van der Waals surface area contributed by atoms with Gasteiger partial charge in [0, 0.05) is 15.5 Å². The maximum Gasteiger partial charge on any atom is 0.234 e. The lowest BCUT2D eigenvalue weighted by atomic mass is 10.2. The Hall–Kier alpha value is -1.84. The molecule has 1 N–H and O–H groups in total. The van der Waals surface area contributed by atoms with Gasteiger partial charge in [0.05, 0.1) is 11.4 Å². The molecule has 152 valence electrons. The van der Waals surface area contributed by atoms with Crippen LogP contribution in [0.1, 0.15) is 18.3 Å². The van der Waals surface area contributed by atoms with Crippen molar-refractivity contribution in [3.63, 3.8) is 0 Å².